The maximum absolute atomic E-state index is 4.90. The Morgan fingerprint density at radius 1 is 1.07 bits per heavy atom. The Morgan fingerprint density at radius 3 is 2.61 bits per heavy atom. The Labute approximate surface area is 166 Å². The number of hydrogen-bond acceptors (Lipinski definition) is 3. The van der Waals surface area contributed by atoms with E-state index in [1.54, 1.807) is 4.90 Å². The van der Waals surface area contributed by atoms with E-state index in [1.165, 1.54) is 11.1 Å². The first-order chi connectivity index (χ1) is 13.7. The van der Waals surface area contributed by atoms with E-state index in [2.05, 4.69) is 73.7 Å². The summed E-state index contributed by atoms with van der Waals surface area (Å²) in [7, 11) is 2.24. The van der Waals surface area contributed by atoms with Gasteiger partial charge in [-0.3, -0.25) is 9.69 Å². The molecule has 0 atom stereocenters. The molecule has 144 valence electrons. The average Bonchev–Trinajstić information content (AvgIpc) is 3.11. The fourth-order valence-electron chi connectivity index (χ4n) is 3.54. The summed E-state index contributed by atoms with van der Waals surface area (Å²) < 4.78 is 2.02. The summed E-state index contributed by atoms with van der Waals surface area (Å²) in [5, 5.41) is 11.8. The topological polar surface area (TPSA) is 37.9 Å². The van der Waals surface area contributed by atoms with Crippen LogP contribution in [0, 0.1) is 6.92 Å². The summed E-state index contributed by atoms with van der Waals surface area (Å²) in [6, 6.07) is 19.0. The van der Waals surface area contributed by atoms with Crippen LogP contribution in [0.5, 0.6) is 0 Å². The molecule has 1 aliphatic heterocycles. The van der Waals surface area contributed by atoms with Crippen LogP contribution < -0.4 is 4.90 Å². The fraction of sp³-hybridized carbons (Fsp3) is 0.304. The number of piperazine rings is 1. The normalized spacial score (nSPS) is 15.4. The Balaban J connectivity index is 1.62. The van der Waals surface area contributed by atoms with Gasteiger partial charge in [-0.05, 0) is 18.6 Å². The lowest BCUT2D eigenvalue weighted by molar-refractivity contribution is -0.884. The average molecular weight is 375 g/mol. The van der Waals surface area contributed by atoms with Crippen molar-refractivity contribution in [3.8, 4) is 11.3 Å². The quantitative estimate of drug-likeness (QED) is 0.695. The molecule has 0 saturated carbocycles. The second-order valence-electron chi connectivity index (χ2n) is 7.64. The number of likely N-dealkylation sites (N-methyl/N-ethyl adjacent to an activating group) is 1. The van der Waals surface area contributed by atoms with Gasteiger partial charge in [-0.15, -0.1) is 0 Å². The first-order valence-electron chi connectivity index (χ1n) is 9.96. The van der Waals surface area contributed by atoms with Crippen LogP contribution in [0.3, 0.4) is 0 Å². The Morgan fingerprint density at radius 2 is 1.86 bits per heavy atom. The van der Waals surface area contributed by atoms with Gasteiger partial charge in [0, 0.05) is 17.3 Å². The van der Waals surface area contributed by atoms with Crippen LogP contribution in [0.1, 0.15) is 16.7 Å². The summed E-state index contributed by atoms with van der Waals surface area (Å²) in [4.78, 5) is 1.57. The van der Waals surface area contributed by atoms with Gasteiger partial charge in [-0.2, -0.15) is 10.2 Å². The molecule has 5 nitrogen and oxygen atoms in total. The molecule has 4 rings (SSSR count). The molecule has 0 amide bonds. The van der Waals surface area contributed by atoms with Crippen molar-refractivity contribution in [2.24, 2.45) is 5.10 Å². The van der Waals surface area contributed by atoms with Crippen LogP contribution in [-0.4, -0.2) is 54.2 Å². The first kappa shape index (κ1) is 18.4. The van der Waals surface area contributed by atoms with Crippen LogP contribution in [-0.2, 0) is 6.54 Å². The van der Waals surface area contributed by atoms with E-state index in [-0.39, 0.29) is 0 Å². The molecule has 2 heterocycles. The molecule has 1 aliphatic rings. The van der Waals surface area contributed by atoms with E-state index in [4.69, 9.17) is 10.2 Å². The van der Waals surface area contributed by atoms with Gasteiger partial charge < -0.3 is 4.90 Å². The van der Waals surface area contributed by atoms with Crippen molar-refractivity contribution in [1.29, 1.82) is 0 Å². The number of nitrogens with one attached hydrogen (secondary N) is 1. The van der Waals surface area contributed by atoms with Gasteiger partial charge in [0.25, 0.3) is 0 Å². The standard InChI is InChI=1S/C23H27N5/c1-19-7-6-10-21(15-19)23-22(16-24-27-13-11-26(2)12-14-27)18-28(25-23)17-20-8-4-3-5-9-20/h3-10,15-16,18H,11-14,17H2,1-2H3/p+1/b24-16-. The van der Waals surface area contributed by atoms with Crippen molar-refractivity contribution in [1.82, 2.24) is 14.8 Å². The van der Waals surface area contributed by atoms with Crippen LogP contribution >= 0.6 is 0 Å². The number of hydrogen-bond donors (Lipinski definition) is 1. The molecule has 0 spiro atoms. The largest absolute Gasteiger partial charge is 0.334 e. The first-order valence-corrected chi connectivity index (χ1v) is 9.96. The van der Waals surface area contributed by atoms with Crippen LogP contribution in [0.4, 0.5) is 0 Å². The molecule has 3 aromatic rings. The highest BCUT2D eigenvalue weighted by Crippen LogP contribution is 2.22. The van der Waals surface area contributed by atoms with E-state index in [1.807, 2.05) is 17.0 Å². The summed E-state index contributed by atoms with van der Waals surface area (Å²) in [5.41, 5.74) is 5.67. The highest BCUT2D eigenvalue weighted by atomic mass is 15.5. The van der Waals surface area contributed by atoms with Crippen molar-refractivity contribution < 1.29 is 4.90 Å². The molecule has 5 heteroatoms. The van der Waals surface area contributed by atoms with Gasteiger partial charge in [0.1, 0.15) is 5.69 Å². The van der Waals surface area contributed by atoms with E-state index < -0.39 is 0 Å². The maximum Gasteiger partial charge on any atom is 0.101 e. The minimum Gasteiger partial charge on any atom is -0.334 e. The molecule has 28 heavy (non-hydrogen) atoms. The minimum absolute atomic E-state index is 0.755. The molecule has 0 unspecified atom stereocenters. The SMILES string of the molecule is Cc1cccc(-c2nn(Cc3ccccc3)cc2/C=N\N2CC[NH+](C)CC2)c1. The van der Waals surface area contributed by atoms with E-state index >= 15 is 0 Å². The zero-order valence-corrected chi connectivity index (χ0v) is 16.7. The van der Waals surface area contributed by atoms with E-state index in [0.29, 0.717) is 0 Å². The number of nitrogens with zero attached hydrogens (tertiary/aromatic N) is 4. The third kappa shape index (κ3) is 4.49. The predicted molar refractivity (Wildman–Crippen MR) is 114 cm³/mol. The highest BCUT2D eigenvalue weighted by molar-refractivity contribution is 5.88. The van der Waals surface area contributed by atoms with Crippen molar-refractivity contribution >= 4 is 6.21 Å². The number of aryl methyl sites for hydroxylation is 1. The van der Waals surface area contributed by atoms with Crippen LogP contribution in [0.2, 0.25) is 0 Å². The maximum atomic E-state index is 4.90. The Kier molecular flexibility index (Phi) is 5.53. The molecule has 0 aliphatic carbocycles. The Hall–Kier alpha value is -2.92. The molecule has 1 N–H and O–H groups in total. The van der Waals surface area contributed by atoms with Crippen molar-refractivity contribution in [2.75, 3.05) is 33.2 Å². The van der Waals surface area contributed by atoms with Crippen molar-refractivity contribution in [3.63, 3.8) is 0 Å². The number of quaternary nitrogens is 1. The van der Waals surface area contributed by atoms with Gasteiger partial charge in [-0.25, -0.2) is 0 Å². The molecular weight excluding hydrogens is 346 g/mol. The number of benzene rings is 2. The molecule has 0 radical (unpaired) electrons. The van der Waals surface area contributed by atoms with Crippen molar-refractivity contribution in [2.45, 2.75) is 13.5 Å². The van der Waals surface area contributed by atoms with E-state index in [9.17, 15) is 0 Å². The number of rotatable bonds is 5. The third-order valence-electron chi connectivity index (χ3n) is 5.22. The molecule has 0 bridgehead atoms. The lowest BCUT2D eigenvalue weighted by Crippen LogP contribution is -3.11. The summed E-state index contributed by atoms with van der Waals surface area (Å²) in [5.74, 6) is 0. The van der Waals surface area contributed by atoms with Crippen LogP contribution in [0.15, 0.2) is 65.9 Å². The van der Waals surface area contributed by atoms with Gasteiger partial charge in [0.2, 0.25) is 0 Å². The van der Waals surface area contributed by atoms with Crippen LogP contribution in [0.25, 0.3) is 11.3 Å². The molecular formula is C23H28N5+. The van der Waals surface area contributed by atoms with Gasteiger partial charge in [0.15, 0.2) is 0 Å². The van der Waals surface area contributed by atoms with Gasteiger partial charge in [0.05, 0.1) is 46.0 Å². The third-order valence-corrected chi connectivity index (χ3v) is 5.22. The lowest BCUT2D eigenvalue weighted by Gasteiger charge is -2.27. The molecule has 1 fully saturated rings. The molecule has 1 aromatic heterocycles. The van der Waals surface area contributed by atoms with Gasteiger partial charge in [-0.1, -0.05) is 54.1 Å². The zero-order chi connectivity index (χ0) is 19.3. The number of hydrazone groups is 1. The summed E-state index contributed by atoms with van der Waals surface area (Å²) in [6.45, 7) is 7.14. The Bertz CT molecular complexity index is 937. The predicted octanol–water partition coefficient (Wildman–Crippen LogP) is 2.07. The second kappa shape index (κ2) is 8.40. The van der Waals surface area contributed by atoms with Crippen molar-refractivity contribution in [3.05, 3.63) is 77.5 Å². The molecule has 2 aromatic carbocycles. The second-order valence-corrected chi connectivity index (χ2v) is 7.64. The highest BCUT2D eigenvalue weighted by Gasteiger charge is 2.15. The monoisotopic (exact) mass is 374 g/mol. The zero-order valence-electron chi connectivity index (χ0n) is 16.7. The smallest absolute Gasteiger partial charge is 0.101 e. The van der Waals surface area contributed by atoms with E-state index in [0.717, 1.165) is 49.5 Å². The summed E-state index contributed by atoms with van der Waals surface area (Å²) in [6.07, 6.45) is 4.09. The minimum atomic E-state index is 0.755. The fourth-order valence-corrected chi connectivity index (χ4v) is 3.54. The lowest BCUT2D eigenvalue weighted by atomic mass is 10.1. The number of aromatic nitrogens is 2. The molecule has 1 saturated heterocycles. The summed E-state index contributed by atoms with van der Waals surface area (Å²) >= 11 is 0. The van der Waals surface area contributed by atoms with Gasteiger partial charge >= 0.3 is 0 Å².